The van der Waals surface area contributed by atoms with Crippen LogP contribution in [0.4, 0.5) is 0 Å². The van der Waals surface area contributed by atoms with Gasteiger partial charge in [-0.25, -0.2) is 0 Å². The van der Waals surface area contributed by atoms with Gasteiger partial charge in [-0.1, -0.05) is 37.3 Å². The molecule has 0 unspecified atom stereocenters. The molecule has 7 heteroatoms. The van der Waals surface area contributed by atoms with Gasteiger partial charge in [0.15, 0.2) is 6.61 Å². The molecule has 0 aliphatic rings. The Morgan fingerprint density at radius 2 is 1.88 bits per heavy atom. The predicted molar refractivity (Wildman–Crippen MR) is 100.0 cm³/mol. The van der Waals surface area contributed by atoms with Crippen molar-refractivity contribution < 1.29 is 19.1 Å². The molecule has 2 aromatic rings. The monoisotopic (exact) mass is 374 g/mol. The van der Waals surface area contributed by atoms with Crippen molar-refractivity contribution in [2.75, 3.05) is 13.2 Å². The number of thiophene rings is 1. The lowest BCUT2D eigenvalue weighted by Crippen LogP contribution is -2.34. The van der Waals surface area contributed by atoms with Gasteiger partial charge in [0, 0.05) is 0 Å². The molecule has 0 radical (unpaired) electrons. The molecule has 0 aliphatic heterocycles. The zero-order valence-corrected chi connectivity index (χ0v) is 15.6. The van der Waals surface area contributed by atoms with E-state index in [1.165, 1.54) is 16.9 Å². The molecule has 2 amide bonds. The van der Waals surface area contributed by atoms with Crippen LogP contribution in [0.5, 0.6) is 0 Å². The van der Waals surface area contributed by atoms with Gasteiger partial charge in [0.25, 0.3) is 11.8 Å². The fraction of sp³-hybridized carbons (Fsp3) is 0.316. The van der Waals surface area contributed by atoms with Crippen LogP contribution in [0.2, 0.25) is 0 Å². The van der Waals surface area contributed by atoms with Gasteiger partial charge in [0.1, 0.15) is 6.54 Å². The largest absolute Gasteiger partial charge is 0.454 e. The van der Waals surface area contributed by atoms with Crippen LogP contribution in [0.1, 0.15) is 40.7 Å². The molecule has 1 aromatic heterocycles. The number of benzene rings is 1. The van der Waals surface area contributed by atoms with Crippen LogP contribution in [0.15, 0.2) is 41.8 Å². The maximum atomic E-state index is 11.9. The van der Waals surface area contributed by atoms with Crippen LogP contribution in [0.25, 0.3) is 0 Å². The molecule has 26 heavy (non-hydrogen) atoms. The third kappa shape index (κ3) is 6.00. The summed E-state index contributed by atoms with van der Waals surface area (Å²) in [5, 5.41) is 7.00. The molecule has 1 aromatic carbocycles. The van der Waals surface area contributed by atoms with E-state index in [0.29, 0.717) is 4.88 Å². The number of amides is 2. The van der Waals surface area contributed by atoms with Gasteiger partial charge in [0.2, 0.25) is 0 Å². The summed E-state index contributed by atoms with van der Waals surface area (Å²) in [6.45, 7) is 3.28. The zero-order chi connectivity index (χ0) is 18.9. The van der Waals surface area contributed by atoms with Crippen molar-refractivity contribution in [1.82, 2.24) is 10.6 Å². The Balaban J connectivity index is 1.70. The summed E-state index contributed by atoms with van der Waals surface area (Å²) in [5.74, 6) is -1.40. The maximum absolute atomic E-state index is 11.9. The lowest BCUT2D eigenvalue weighted by atomic mass is 10.1. The van der Waals surface area contributed by atoms with Gasteiger partial charge in [-0.3, -0.25) is 14.4 Å². The Morgan fingerprint density at radius 3 is 2.50 bits per heavy atom. The number of aryl methyl sites for hydroxylation is 1. The van der Waals surface area contributed by atoms with Crippen molar-refractivity contribution in [2.24, 2.45) is 0 Å². The Labute approximate surface area is 156 Å². The third-order valence-corrected chi connectivity index (χ3v) is 4.64. The van der Waals surface area contributed by atoms with Crippen molar-refractivity contribution in [3.8, 4) is 0 Å². The smallest absolute Gasteiger partial charge is 0.325 e. The van der Waals surface area contributed by atoms with Gasteiger partial charge in [-0.15, -0.1) is 11.3 Å². The molecule has 0 fully saturated rings. The molecule has 0 spiro atoms. The Hall–Kier alpha value is -2.67. The van der Waals surface area contributed by atoms with Crippen LogP contribution in [-0.4, -0.2) is 30.9 Å². The minimum absolute atomic E-state index is 0.189. The maximum Gasteiger partial charge on any atom is 0.325 e. The first-order valence-electron chi connectivity index (χ1n) is 8.35. The predicted octanol–water partition coefficient (Wildman–Crippen LogP) is 2.46. The number of carbonyl (C=O) groups is 3. The lowest BCUT2D eigenvalue weighted by Gasteiger charge is -2.15. The average Bonchev–Trinajstić information content (AvgIpc) is 3.19. The molecule has 0 saturated carbocycles. The van der Waals surface area contributed by atoms with Gasteiger partial charge in [-0.2, -0.15) is 0 Å². The Kier molecular flexibility index (Phi) is 7.35. The number of nitrogens with one attached hydrogen (secondary N) is 2. The third-order valence-electron chi connectivity index (χ3n) is 3.77. The first-order chi connectivity index (χ1) is 12.5. The van der Waals surface area contributed by atoms with E-state index in [4.69, 9.17) is 4.74 Å². The highest BCUT2D eigenvalue weighted by Crippen LogP contribution is 2.13. The molecular weight excluding hydrogens is 352 g/mol. The average molecular weight is 374 g/mol. The number of carbonyl (C=O) groups excluding carboxylic acids is 3. The lowest BCUT2D eigenvalue weighted by molar-refractivity contribution is -0.147. The highest BCUT2D eigenvalue weighted by atomic mass is 32.1. The van der Waals surface area contributed by atoms with Gasteiger partial charge >= 0.3 is 5.97 Å². The first kappa shape index (κ1) is 19.7. The molecule has 0 saturated heterocycles. The van der Waals surface area contributed by atoms with E-state index < -0.39 is 11.9 Å². The molecule has 0 bridgehead atoms. The second-order valence-electron chi connectivity index (χ2n) is 5.70. The van der Waals surface area contributed by atoms with Crippen LogP contribution < -0.4 is 10.6 Å². The number of hydrogen-bond acceptors (Lipinski definition) is 5. The second-order valence-corrected chi connectivity index (χ2v) is 6.65. The molecule has 2 N–H and O–H groups in total. The van der Waals surface area contributed by atoms with Gasteiger partial charge in [-0.05, 0) is 35.9 Å². The normalized spacial score (nSPS) is 11.5. The number of ether oxygens (including phenoxy) is 1. The fourth-order valence-corrected chi connectivity index (χ4v) is 2.89. The molecular formula is C19H22N2O4S. The number of hydrogen-bond donors (Lipinski definition) is 2. The standard InChI is InChI=1S/C19H22N2O4S/c1-3-14-6-8-15(9-7-14)13(2)21-17(22)12-25-18(23)11-20-19(24)16-5-4-10-26-16/h4-10,13H,3,11-12H2,1-2H3,(H,20,24)(H,21,22)/t13-/m0/s1. The first-order valence-corrected chi connectivity index (χ1v) is 9.23. The Morgan fingerprint density at radius 1 is 1.15 bits per heavy atom. The van der Waals surface area contributed by atoms with E-state index in [1.54, 1.807) is 17.5 Å². The van der Waals surface area contributed by atoms with Crippen LogP contribution in [0, 0.1) is 0 Å². The molecule has 6 nitrogen and oxygen atoms in total. The highest BCUT2D eigenvalue weighted by Gasteiger charge is 2.13. The van der Waals surface area contributed by atoms with E-state index in [9.17, 15) is 14.4 Å². The SMILES string of the molecule is CCc1ccc([C@H](C)NC(=O)COC(=O)CNC(=O)c2cccs2)cc1. The van der Waals surface area contributed by atoms with Crippen LogP contribution in [0.3, 0.4) is 0 Å². The summed E-state index contributed by atoms with van der Waals surface area (Å²) in [4.78, 5) is 35.8. The fourth-order valence-electron chi connectivity index (χ4n) is 2.25. The Bertz CT molecular complexity index is 741. The summed E-state index contributed by atoms with van der Waals surface area (Å²) >= 11 is 1.28. The van der Waals surface area contributed by atoms with Crippen molar-refractivity contribution in [3.05, 3.63) is 57.8 Å². The summed E-state index contributed by atoms with van der Waals surface area (Å²) in [6.07, 6.45) is 0.958. The minimum Gasteiger partial charge on any atom is -0.454 e. The van der Waals surface area contributed by atoms with Gasteiger partial charge < -0.3 is 15.4 Å². The minimum atomic E-state index is -0.662. The summed E-state index contributed by atoms with van der Waals surface area (Å²) in [5.41, 5.74) is 2.20. The van der Waals surface area contributed by atoms with E-state index in [-0.39, 0.29) is 25.1 Å². The van der Waals surface area contributed by atoms with E-state index in [0.717, 1.165) is 12.0 Å². The molecule has 0 aliphatic carbocycles. The number of esters is 1. The molecule has 138 valence electrons. The summed E-state index contributed by atoms with van der Waals surface area (Å²) in [6, 6.07) is 11.2. The van der Waals surface area contributed by atoms with E-state index in [2.05, 4.69) is 17.6 Å². The van der Waals surface area contributed by atoms with Gasteiger partial charge in [0.05, 0.1) is 10.9 Å². The number of rotatable bonds is 8. The highest BCUT2D eigenvalue weighted by molar-refractivity contribution is 7.12. The zero-order valence-electron chi connectivity index (χ0n) is 14.8. The van der Waals surface area contributed by atoms with Crippen molar-refractivity contribution >= 4 is 29.1 Å². The molecule has 1 heterocycles. The van der Waals surface area contributed by atoms with Crippen LogP contribution in [-0.2, 0) is 20.7 Å². The van der Waals surface area contributed by atoms with Crippen molar-refractivity contribution in [3.63, 3.8) is 0 Å². The quantitative estimate of drug-likeness (QED) is 0.695. The topological polar surface area (TPSA) is 84.5 Å². The van der Waals surface area contributed by atoms with E-state index >= 15 is 0 Å². The van der Waals surface area contributed by atoms with Crippen molar-refractivity contribution in [1.29, 1.82) is 0 Å². The summed E-state index contributed by atoms with van der Waals surface area (Å²) in [7, 11) is 0. The summed E-state index contributed by atoms with van der Waals surface area (Å²) < 4.78 is 4.88. The molecule has 1 atom stereocenters. The second kappa shape index (κ2) is 9.72. The molecule has 2 rings (SSSR count). The van der Waals surface area contributed by atoms with Crippen molar-refractivity contribution in [2.45, 2.75) is 26.3 Å². The van der Waals surface area contributed by atoms with E-state index in [1.807, 2.05) is 31.2 Å². The van der Waals surface area contributed by atoms with Crippen LogP contribution >= 0.6 is 11.3 Å².